The summed E-state index contributed by atoms with van der Waals surface area (Å²) >= 11 is 6.18. The Bertz CT molecular complexity index is 1550. The van der Waals surface area contributed by atoms with Crippen molar-refractivity contribution >= 4 is 45.9 Å². The van der Waals surface area contributed by atoms with Gasteiger partial charge in [-0.15, -0.1) is 0 Å². The molecule has 0 radical (unpaired) electrons. The lowest BCUT2D eigenvalue weighted by molar-refractivity contribution is -0.401. The Kier molecular flexibility index (Phi) is 7.17. The summed E-state index contributed by atoms with van der Waals surface area (Å²) in [6, 6.07) is 22.2. The summed E-state index contributed by atoms with van der Waals surface area (Å²) in [5, 5.41) is 1.92. The van der Waals surface area contributed by atoms with Gasteiger partial charge in [0.1, 0.15) is 7.05 Å². The van der Waals surface area contributed by atoms with Crippen molar-refractivity contribution in [2.75, 3.05) is 14.2 Å². The first-order chi connectivity index (χ1) is 16.7. The number of esters is 1. The summed E-state index contributed by atoms with van der Waals surface area (Å²) in [7, 11) is 5.59. The van der Waals surface area contributed by atoms with E-state index in [4.69, 9.17) is 16.3 Å². The molecular weight excluding hydrogens is 583 g/mol. The lowest BCUT2D eigenvalue weighted by Crippen LogP contribution is -3.00. The minimum absolute atomic E-state index is 0. The van der Waals surface area contributed by atoms with E-state index in [1.807, 2.05) is 30.3 Å². The molecule has 0 spiro atoms. The predicted octanol–water partition coefficient (Wildman–Crippen LogP) is 4.01. The van der Waals surface area contributed by atoms with Gasteiger partial charge in [0, 0.05) is 46.2 Å². The van der Waals surface area contributed by atoms with Gasteiger partial charge in [-0.05, 0) is 55.8 Å². The first kappa shape index (κ1) is 26.2. The maximum absolute atomic E-state index is 12.2. The monoisotopic (exact) mass is 610 g/mol. The number of methoxy groups -OCH3 is 1. The fourth-order valence-corrected chi connectivity index (χ4v) is 5.42. The van der Waals surface area contributed by atoms with Crippen LogP contribution in [0.5, 0.6) is 0 Å². The summed E-state index contributed by atoms with van der Waals surface area (Å²) in [6.45, 7) is 4.39. The van der Waals surface area contributed by atoms with Gasteiger partial charge in [-0.3, -0.25) is 0 Å². The second-order valence-corrected chi connectivity index (χ2v) is 9.91. The Hall–Kier alpha value is -2.90. The average Bonchev–Trinajstić information content (AvgIpc) is 3.25. The molecule has 0 saturated carbocycles. The van der Waals surface area contributed by atoms with Gasteiger partial charge in [-0.2, -0.15) is 4.58 Å². The number of allylic oxidation sites excluding steroid dienone is 1. The van der Waals surface area contributed by atoms with Gasteiger partial charge >= 0.3 is 5.97 Å². The Balaban J connectivity index is 0.00000304. The summed E-state index contributed by atoms with van der Waals surface area (Å²) in [4.78, 5) is 12.2. The molecule has 0 fully saturated rings. The second-order valence-electron chi connectivity index (χ2n) is 9.47. The van der Waals surface area contributed by atoms with Crippen LogP contribution in [-0.4, -0.2) is 35.0 Å². The zero-order chi connectivity index (χ0) is 24.9. The number of hydrogen-bond donors (Lipinski definition) is 0. The molecule has 36 heavy (non-hydrogen) atoms. The van der Waals surface area contributed by atoms with E-state index >= 15 is 0 Å². The second kappa shape index (κ2) is 9.87. The number of nitrogens with zero attached hydrogens (tertiary/aromatic N) is 2. The molecule has 0 N–H and O–H groups in total. The number of carbonyl (C=O) groups is 1. The molecule has 0 amide bonds. The third-order valence-electron chi connectivity index (χ3n) is 7.13. The molecule has 1 aromatic heterocycles. The molecule has 1 aliphatic heterocycles. The molecule has 0 saturated heterocycles. The van der Waals surface area contributed by atoms with Crippen molar-refractivity contribution in [2.45, 2.75) is 19.3 Å². The maximum Gasteiger partial charge on any atom is 0.337 e. The fraction of sp³-hybridized carbons (Fsp3) is 0.200. The number of benzene rings is 3. The molecule has 0 aliphatic carbocycles. The lowest BCUT2D eigenvalue weighted by Gasteiger charge is -2.16. The van der Waals surface area contributed by atoms with Crippen LogP contribution in [0, 0.1) is 0 Å². The Morgan fingerprint density at radius 1 is 1.03 bits per heavy atom. The SMILES string of the molecule is COC(=O)c1ccc2c(c1)C(C)(C)C(C=Cc1c(-c3ccc(Cl)cc3)n(C)c3ccccc13)=[N+]2C.[I-]. The summed E-state index contributed by atoms with van der Waals surface area (Å²) in [6.07, 6.45) is 4.42. The summed E-state index contributed by atoms with van der Waals surface area (Å²) in [5.74, 6) is -0.321. The smallest absolute Gasteiger partial charge is 0.337 e. The number of aromatic nitrogens is 1. The standard InChI is InChI=1S/C30H28ClN2O2.HI/c1-30(2)24-18-20(29(34)35-5)12-16-26(24)32(3)27(30)17-15-23-22-8-6-7-9-25(22)33(4)28(23)19-10-13-21(31)14-11-19;/h6-18H,1-5H3;1H/q+1;/p-1. The van der Waals surface area contributed by atoms with Gasteiger partial charge in [0.05, 0.1) is 23.8 Å². The highest BCUT2D eigenvalue weighted by Crippen LogP contribution is 2.41. The Morgan fingerprint density at radius 2 is 1.72 bits per heavy atom. The first-order valence-corrected chi connectivity index (χ1v) is 12.0. The third-order valence-corrected chi connectivity index (χ3v) is 7.38. The Labute approximate surface area is 233 Å². The zero-order valence-electron chi connectivity index (χ0n) is 21.0. The first-order valence-electron chi connectivity index (χ1n) is 11.6. The van der Waals surface area contributed by atoms with Gasteiger partial charge in [0.15, 0.2) is 5.71 Å². The van der Waals surface area contributed by atoms with E-state index in [2.05, 4.69) is 85.6 Å². The number of carbonyl (C=O) groups excluding carboxylic acids is 1. The van der Waals surface area contributed by atoms with Crippen molar-refractivity contribution in [1.29, 1.82) is 0 Å². The predicted molar refractivity (Wildman–Crippen MR) is 144 cm³/mol. The minimum atomic E-state index is -0.321. The zero-order valence-corrected chi connectivity index (χ0v) is 23.9. The van der Waals surface area contributed by atoms with Crippen molar-refractivity contribution in [1.82, 2.24) is 4.57 Å². The minimum Gasteiger partial charge on any atom is -1.00 e. The van der Waals surface area contributed by atoms with Crippen LogP contribution in [0.25, 0.3) is 28.2 Å². The molecule has 2 heterocycles. The van der Waals surface area contributed by atoms with E-state index in [0.717, 1.165) is 38.8 Å². The lowest BCUT2D eigenvalue weighted by atomic mass is 9.80. The summed E-state index contributed by atoms with van der Waals surface area (Å²) < 4.78 is 9.39. The molecule has 4 aromatic rings. The van der Waals surface area contributed by atoms with Crippen molar-refractivity contribution in [3.63, 3.8) is 0 Å². The molecule has 4 nitrogen and oxygen atoms in total. The Morgan fingerprint density at radius 3 is 2.42 bits per heavy atom. The number of halogens is 2. The van der Waals surface area contributed by atoms with Crippen LogP contribution in [0.4, 0.5) is 5.69 Å². The molecule has 0 unspecified atom stereocenters. The van der Waals surface area contributed by atoms with E-state index in [-0.39, 0.29) is 35.4 Å². The molecule has 0 bridgehead atoms. The van der Waals surface area contributed by atoms with E-state index in [1.54, 1.807) is 0 Å². The van der Waals surface area contributed by atoms with E-state index in [1.165, 1.54) is 18.0 Å². The van der Waals surface area contributed by atoms with Crippen LogP contribution in [-0.2, 0) is 17.2 Å². The summed E-state index contributed by atoms with van der Waals surface area (Å²) in [5.41, 5.74) is 8.24. The molecule has 5 rings (SSSR count). The van der Waals surface area contributed by atoms with Gasteiger partial charge < -0.3 is 33.3 Å². The van der Waals surface area contributed by atoms with Gasteiger partial charge in [-0.25, -0.2) is 4.79 Å². The molecule has 1 aliphatic rings. The van der Waals surface area contributed by atoms with Gasteiger partial charge in [0.2, 0.25) is 5.69 Å². The quantitative estimate of drug-likeness (QED) is 0.199. The van der Waals surface area contributed by atoms with Crippen molar-refractivity contribution in [2.24, 2.45) is 7.05 Å². The van der Waals surface area contributed by atoms with Crippen LogP contribution in [0.3, 0.4) is 0 Å². The fourth-order valence-electron chi connectivity index (χ4n) is 5.29. The van der Waals surface area contributed by atoms with Crippen LogP contribution < -0.4 is 24.0 Å². The average molecular weight is 611 g/mol. The largest absolute Gasteiger partial charge is 1.00 e. The van der Waals surface area contributed by atoms with Crippen LogP contribution in [0.2, 0.25) is 5.02 Å². The number of rotatable bonds is 4. The van der Waals surface area contributed by atoms with Crippen LogP contribution >= 0.6 is 11.6 Å². The third kappa shape index (κ3) is 4.18. The highest BCUT2D eigenvalue weighted by molar-refractivity contribution is 6.30. The molecular formula is C30H28ClIN2O2. The van der Waals surface area contributed by atoms with Gasteiger partial charge in [0.25, 0.3) is 0 Å². The van der Waals surface area contributed by atoms with E-state index in [0.29, 0.717) is 5.56 Å². The molecule has 184 valence electrons. The topological polar surface area (TPSA) is 34.2 Å². The number of fused-ring (bicyclic) bond motifs is 2. The molecule has 3 aromatic carbocycles. The normalized spacial score (nSPS) is 14.3. The molecule has 6 heteroatoms. The number of aryl methyl sites for hydroxylation is 1. The van der Waals surface area contributed by atoms with Gasteiger partial charge in [-0.1, -0.05) is 41.9 Å². The van der Waals surface area contributed by atoms with Crippen LogP contribution in [0.15, 0.2) is 72.8 Å². The number of para-hydroxylation sites is 1. The number of ether oxygens (including phenoxy) is 1. The van der Waals surface area contributed by atoms with E-state index < -0.39 is 0 Å². The van der Waals surface area contributed by atoms with Crippen molar-refractivity contribution in [3.05, 3.63) is 94.5 Å². The van der Waals surface area contributed by atoms with Crippen LogP contribution in [0.1, 0.15) is 35.3 Å². The number of hydrogen-bond acceptors (Lipinski definition) is 2. The van der Waals surface area contributed by atoms with Crippen molar-refractivity contribution < 1.29 is 38.1 Å². The highest BCUT2D eigenvalue weighted by Gasteiger charge is 2.43. The maximum atomic E-state index is 12.2. The van der Waals surface area contributed by atoms with E-state index in [9.17, 15) is 4.79 Å². The van der Waals surface area contributed by atoms with Crippen molar-refractivity contribution in [3.8, 4) is 11.3 Å². The highest BCUT2D eigenvalue weighted by atomic mass is 127. The molecule has 0 atom stereocenters.